The molecule has 4 aromatic rings. The second-order valence-electron chi connectivity index (χ2n) is 8.24. The number of hydrogen-bond acceptors (Lipinski definition) is 3. The van der Waals surface area contributed by atoms with Crippen molar-refractivity contribution >= 4 is 27.6 Å². The molecule has 2 heterocycles. The van der Waals surface area contributed by atoms with Crippen molar-refractivity contribution in [3.63, 3.8) is 0 Å². The molecule has 0 aliphatic rings. The van der Waals surface area contributed by atoms with E-state index in [1.165, 1.54) is 27.4 Å². The normalized spacial score (nSPS) is 11.6. The van der Waals surface area contributed by atoms with E-state index in [0.29, 0.717) is 0 Å². The van der Waals surface area contributed by atoms with Gasteiger partial charge in [0.15, 0.2) is 5.82 Å². The molecule has 0 aliphatic carbocycles. The summed E-state index contributed by atoms with van der Waals surface area (Å²) >= 11 is 0. The molecule has 4 heteroatoms. The largest absolute Gasteiger partial charge is 0.357 e. The summed E-state index contributed by atoms with van der Waals surface area (Å²) in [7, 11) is 2.18. The first-order valence-corrected chi connectivity index (χ1v) is 11.6. The van der Waals surface area contributed by atoms with Gasteiger partial charge in [-0.05, 0) is 43.6 Å². The van der Waals surface area contributed by atoms with E-state index in [4.69, 9.17) is 4.98 Å². The Morgan fingerprint density at radius 1 is 0.839 bits per heavy atom. The van der Waals surface area contributed by atoms with Gasteiger partial charge in [-0.1, -0.05) is 62.4 Å². The highest BCUT2D eigenvalue weighted by atomic mass is 15.2. The Morgan fingerprint density at radius 3 is 2.35 bits per heavy atom. The van der Waals surface area contributed by atoms with Gasteiger partial charge in [0.25, 0.3) is 0 Å². The molecule has 2 aromatic heterocycles. The van der Waals surface area contributed by atoms with Crippen molar-refractivity contribution in [2.45, 2.75) is 33.2 Å². The third-order valence-electron chi connectivity index (χ3n) is 6.36. The monoisotopic (exact) mass is 414 g/mol. The van der Waals surface area contributed by atoms with E-state index in [1.807, 2.05) is 6.20 Å². The molecule has 31 heavy (non-hydrogen) atoms. The van der Waals surface area contributed by atoms with Crippen LogP contribution in [0.3, 0.4) is 0 Å². The molecule has 0 saturated heterocycles. The summed E-state index contributed by atoms with van der Waals surface area (Å²) in [6, 6.07) is 21.7. The lowest BCUT2D eigenvalue weighted by Crippen LogP contribution is -2.33. The second kappa shape index (κ2) is 9.97. The molecule has 0 spiro atoms. The molecule has 4 nitrogen and oxygen atoms in total. The number of anilines is 1. The van der Waals surface area contributed by atoms with Crippen LogP contribution in [0.1, 0.15) is 25.8 Å². The van der Waals surface area contributed by atoms with Crippen LogP contribution in [0.5, 0.6) is 0 Å². The van der Waals surface area contributed by atoms with Gasteiger partial charge < -0.3 is 14.4 Å². The number of benzene rings is 2. The Labute approximate surface area is 186 Å². The zero-order valence-electron chi connectivity index (χ0n) is 19.1. The van der Waals surface area contributed by atoms with Crippen molar-refractivity contribution < 1.29 is 0 Å². The van der Waals surface area contributed by atoms with Crippen molar-refractivity contribution in [1.29, 1.82) is 0 Å². The summed E-state index contributed by atoms with van der Waals surface area (Å²) in [4.78, 5) is 9.64. The molecule has 0 bridgehead atoms. The first-order valence-electron chi connectivity index (χ1n) is 11.6. The van der Waals surface area contributed by atoms with Gasteiger partial charge in [0.1, 0.15) is 0 Å². The number of nitrogens with zero attached hydrogens (tertiary/aromatic N) is 4. The number of aryl methyl sites for hydroxylation is 2. The van der Waals surface area contributed by atoms with E-state index in [9.17, 15) is 0 Å². The summed E-state index contributed by atoms with van der Waals surface area (Å²) < 4.78 is 2.49. The summed E-state index contributed by atoms with van der Waals surface area (Å²) in [5.74, 6) is 1.08. The maximum atomic E-state index is 4.85. The highest BCUT2D eigenvalue weighted by Gasteiger charge is 2.17. The van der Waals surface area contributed by atoms with Gasteiger partial charge in [0.2, 0.25) is 0 Å². The van der Waals surface area contributed by atoms with Crippen LogP contribution in [0.25, 0.3) is 21.8 Å². The van der Waals surface area contributed by atoms with Gasteiger partial charge in [0, 0.05) is 49.2 Å². The number of hydrogen-bond donors (Lipinski definition) is 0. The van der Waals surface area contributed by atoms with Gasteiger partial charge >= 0.3 is 0 Å². The second-order valence-corrected chi connectivity index (χ2v) is 8.24. The SMILES string of the molecule is CCN(CC)CCN(C)c1nccc2c3ccccc3n(CCCc3ccccc3)c12. The van der Waals surface area contributed by atoms with E-state index in [2.05, 4.69) is 95.9 Å². The lowest BCUT2D eigenvalue weighted by molar-refractivity contribution is 0.311. The molecule has 0 saturated carbocycles. The average molecular weight is 415 g/mol. The zero-order valence-corrected chi connectivity index (χ0v) is 19.1. The Kier molecular flexibility index (Phi) is 6.88. The van der Waals surface area contributed by atoms with Crippen LogP contribution in [0, 0.1) is 0 Å². The summed E-state index contributed by atoms with van der Waals surface area (Å²) in [6.45, 7) is 9.64. The fourth-order valence-electron chi connectivity index (χ4n) is 4.52. The fourth-order valence-corrected chi connectivity index (χ4v) is 4.52. The highest BCUT2D eigenvalue weighted by Crippen LogP contribution is 2.34. The van der Waals surface area contributed by atoms with Crippen molar-refractivity contribution in [1.82, 2.24) is 14.5 Å². The Morgan fingerprint density at radius 2 is 1.58 bits per heavy atom. The molecular weight excluding hydrogens is 380 g/mol. The van der Waals surface area contributed by atoms with Crippen molar-refractivity contribution in [3.8, 4) is 0 Å². The van der Waals surface area contributed by atoms with Gasteiger partial charge in [-0.2, -0.15) is 0 Å². The number of likely N-dealkylation sites (N-methyl/N-ethyl adjacent to an activating group) is 2. The standard InChI is InChI=1S/C27H34N4/c1-4-30(5-2)21-20-29(3)27-26-24(17-18-28-27)23-15-9-10-16-25(23)31(26)19-11-14-22-12-7-6-8-13-22/h6-10,12-13,15-18H,4-5,11,14,19-21H2,1-3H3. The topological polar surface area (TPSA) is 24.3 Å². The predicted octanol–water partition coefficient (Wildman–Crippen LogP) is 5.60. The third-order valence-corrected chi connectivity index (χ3v) is 6.36. The molecule has 0 unspecified atom stereocenters. The van der Waals surface area contributed by atoms with E-state index in [0.717, 1.165) is 51.4 Å². The van der Waals surface area contributed by atoms with Crippen LogP contribution in [-0.4, -0.2) is 47.7 Å². The highest BCUT2D eigenvalue weighted by molar-refractivity contribution is 6.11. The molecule has 0 amide bonds. The van der Waals surface area contributed by atoms with E-state index in [1.54, 1.807) is 0 Å². The molecular formula is C27H34N4. The zero-order chi connectivity index (χ0) is 21.6. The molecule has 0 radical (unpaired) electrons. The first kappa shape index (κ1) is 21.4. The lowest BCUT2D eigenvalue weighted by atomic mass is 10.1. The number of fused-ring (bicyclic) bond motifs is 3. The first-order chi connectivity index (χ1) is 15.2. The van der Waals surface area contributed by atoms with Crippen LogP contribution in [0.15, 0.2) is 66.9 Å². The van der Waals surface area contributed by atoms with Crippen molar-refractivity contribution in [2.75, 3.05) is 38.1 Å². The Hall–Kier alpha value is -2.85. The van der Waals surface area contributed by atoms with Crippen molar-refractivity contribution in [2.24, 2.45) is 0 Å². The van der Waals surface area contributed by atoms with Crippen LogP contribution in [0.4, 0.5) is 5.82 Å². The third kappa shape index (κ3) is 4.59. The minimum atomic E-state index is 0.972. The number of aromatic nitrogens is 2. The maximum absolute atomic E-state index is 4.85. The minimum Gasteiger partial charge on any atom is -0.357 e. The predicted molar refractivity (Wildman–Crippen MR) is 133 cm³/mol. The lowest BCUT2D eigenvalue weighted by Gasteiger charge is -2.25. The van der Waals surface area contributed by atoms with Crippen LogP contribution >= 0.6 is 0 Å². The maximum Gasteiger partial charge on any atom is 0.152 e. The quantitative estimate of drug-likeness (QED) is 0.338. The molecule has 2 aromatic carbocycles. The molecule has 0 aliphatic heterocycles. The van der Waals surface area contributed by atoms with Crippen LogP contribution in [-0.2, 0) is 13.0 Å². The fraction of sp³-hybridized carbons (Fsp3) is 0.370. The number of pyridine rings is 1. The molecule has 4 rings (SSSR count). The van der Waals surface area contributed by atoms with E-state index in [-0.39, 0.29) is 0 Å². The molecule has 162 valence electrons. The Balaban J connectivity index is 1.67. The molecule has 0 N–H and O–H groups in total. The summed E-state index contributed by atoms with van der Waals surface area (Å²) in [5.41, 5.74) is 3.97. The van der Waals surface area contributed by atoms with Gasteiger partial charge in [-0.15, -0.1) is 0 Å². The minimum absolute atomic E-state index is 0.972. The number of para-hydroxylation sites is 1. The van der Waals surface area contributed by atoms with Crippen LogP contribution < -0.4 is 4.90 Å². The van der Waals surface area contributed by atoms with Crippen LogP contribution in [0.2, 0.25) is 0 Å². The van der Waals surface area contributed by atoms with E-state index < -0.39 is 0 Å². The van der Waals surface area contributed by atoms with Gasteiger partial charge in [-0.3, -0.25) is 0 Å². The smallest absolute Gasteiger partial charge is 0.152 e. The van der Waals surface area contributed by atoms with Crippen molar-refractivity contribution in [3.05, 3.63) is 72.4 Å². The average Bonchev–Trinajstić information content (AvgIpc) is 3.14. The number of rotatable bonds is 10. The summed E-state index contributed by atoms with van der Waals surface area (Å²) in [6.07, 6.45) is 4.16. The molecule has 0 atom stereocenters. The molecule has 0 fully saturated rings. The Bertz CT molecular complexity index is 1110. The summed E-state index contributed by atoms with van der Waals surface area (Å²) in [5, 5.41) is 2.62. The van der Waals surface area contributed by atoms with E-state index >= 15 is 0 Å². The van der Waals surface area contributed by atoms with Gasteiger partial charge in [0.05, 0.1) is 5.52 Å². The van der Waals surface area contributed by atoms with Gasteiger partial charge in [-0.25, -0.2) is 4.98 Å².